The van der Waals surface area contributed by atoms with Crippen LogP contribution in [0.1, 0.15) is 0 Å². The van der Waals surface area contributed by atoms with Crippen molar-refractivity contribution >= 4 is 5.82 Å². The van der Waals surface area contributed by atoms with E-state index in [1.165, 1.54) is 0 Å². The van der Waals surface area contributed by atoms with Crippen molar-refractivity contribution in [2.75, 3.05) is 38.3 Å². The molecular formula is C10H16N2O3. The Morgan fingerprint density at radius 2 is 2.00 bits per heavy atom. The third kappa shape index (κ3) is 3.07. The second kappa shape index (κ2) is 6.21. The fraction of sp³-hybridized carbons (Fsp3) is 0.500. The smallest absolute Gasteiger partial charge is 0.171 e. The van der Waals surface area contributed by atoms with E-state index < -0.39 is 0 Å². The van der Waals surface area contributed by atoms with Crippen molar-refractivity contribution in [2.24, 2.45) is 0 Å². The van der Waals surface area contributed by atoms with Gasteiger partial charge in [0.2, 0.25) is 0 Å². The van der Waals surface area contributed by atoms with E-state index in [0.29, 0.717) is 24.7 Å². The molecule has 0 aliphatic carbocycles. The van der Waals surface area contributed by atoms with E-state index in [1.54, 1.807) is 30.3 Å². The first-order chi connectivity index (χ1) is 7.33. The maximum absolute atomic E-state index is 8.90. The maximum Gasteiger partial charge on any atom is 0.171 e. The molecule has 5 heteroatoms. The van der Waals surface area contributed by atoms with E-state index in [0.717, 1.165) is 0 Å². The number of hydrogen-bond acceptors (Lipinski definition) is 5. The van der Waals surface area contributed by atoms with Gasteiger partial charge in [-0.2, -0.15) is 0 Å². The zero-order valence-corrected chi connectivity index (χ0v) is 8.76. The summed E-state index contributed by atoms with van der Waals surface area (Å²) in [6.45, 7) is 0.876. The second-order valence-electron chi connectivity index (χ2n) is 2.96. The summed E-state index contributed by atoms with van der Waals surface area (Å²) in [6, 6.07) is 3.57. The molecule has 0 radical (unpaired) electrons. The lowest BCUT2D eigenvalue weighted by Crippen LogP contribution is -2.30. The van der Waals surface area contributed by atoms with Crippen molar-refractivity contribution in [3.8, 4) is 5.75 Å². The predicted octanol–water partition coefficient (Wildman–Crippen LogP) is -0.119. The lowest BCUT2D eigenvalue weighted by atomic mass is 10.3. The molecular weight excluding hydrogens is 196 g/mol. The number of rotatable bonds is 6. The third-order valence-corrected chi connectivity index (χ3v) is 2.01. The molecule has 0 unspecified atom stereocenters. The molecule has 0 aliphatic rings. The Bertz CT molecular complexity index is 288. The van der Waals surface area contributed by atoms with Gasteiger partial charge in [-0.3, -0.25) is 0 Å². The van der Waals surface area contributed by atoms with Crippen LogP contribution in [0.4, 0.5) is 5.82 Å². The van der Waals surface area contributed by atoms with E-state index in [1.807, 2.05) is 0 Å². The first kappa shape index (κ1) is 11.7. The summed E-state index contributed by atoms with van der Waals surface area (Å²) in [5, 5.41) is 17.8. The second-order valence-corrected chi connectivity index (χ2v) is 2.96. The number of hydrogen-bond donors (Lipinski definition) is 2. The molecule has 0 aromatic carbocycles. The Balaban J connectivity index is 2.88. The average Bonchev–Trinajstić information content (AvgIpc) is 2.29. The highest BCUT2D eigenvalue weighted by molar-refractivity contribution is 5.51. The van der Waals surface area contributed by atoms with Gasteiger partial charge in [0.25, 0.3) is 0 Å². The molecule has 0 saturated carbocycles. The zero-order valence-electron chi connectivity index (χ0n) is 8.76. The number of aliphatic hydroxyl groups is 2. The van der Waals surface area contributed by atoms with E-state index in [2.05, 4.69) is 4.98 Å². The lowest BCUT2D eigenvalue weighted by Gasteiger charge is -2.23. The molecule has 1 rings (SSSR count). The Kier molecular flexibility index (Phi) is 4.86. The van der Waals surface area contributed by atoms with Gasteiger partial charge in [0, 0.05) is 19.3 Å². The molecule has 1 aromatic heterocycles. The van der Waals surface area contributed by atoms with Gasteiger partial charge in [-0.25, -0.2) is 4.98 Å². The lowest BCUT2D eigenvalue weighted by molar-refractivity contribution is 0.279. The van der Waals surface area contributed by atoms with Crippen LogP contribution < -0.4 is 9.64 Å². The number of nitrogens with zero attached hydrogens (tertiary/aromatic N) is 2. The molecule has 15 heavy (non-hydrogen) atoms. The van der Waals surface area contributed by atoms with Crippen LogP contribution >= 0.6 is 0 Å². The number of ether oxygens (including phenoxy) is 1. The Hall–Kier alpha value is -1.33. The Morgan fingerprint density at radius 3 is 2.53 bits per heavy atom. The number of pyridine rings is 1. The average molecular weight is 212 g/mol. The summed E-state index contributed by atoms with van der Waals surface area (Å²) >= 11 is 0. The topological polar surface area (TPSA) is 65.8 Å². The number of anilines is 1. The summed E-state index contributed by atoms with van der Waals surface area (Å²) in [5.41, 5.74) is 0. The number of methoxy groups -OCH3 is 1. The van der Waals surface area contributed by atoms with Crippen LogP contribution in [0.2, 0.25) is 0 Å². The Morgan fingerprint density at radius 1 is 1.33 bits per heavy atom. The first-order valence-electron chi connectivity index (χ1n) is 4.79. The van der Waals surface area contributed by atoms with Crippen molar-refractivity contribution < 1.29 is 14.9 Å². The first-order valence-corrected chi connectivity index (χ1v) is 4.79. The van der Waals surface area contributed by atoms with Gasteiger partial charge in [0.15, 0.2) is 11.6 Å². The summed E-state index contributed by atoms with van der Waals surface area (Å²) in [7, 11) is 1.57. The standard InChI is InChI=1S/C10H16N2O3/c1-15-9-3-2-4-11-10(9)12(5-7-13)6-8-14/h2-4,13-14H,5-8H2,1H3. The molecule has 0 aliphatic heterocycles. The molecule has 2 N–H and O–H groups in total. The SMILES string of the molecule is COc1cccnc1N(CCO)CCO. The molecule has 0 saturated heterocycles. The van der Waals surface area contributed by atoms with Gasteiger partial charge in [-0.05, 0) is 12.1 Å². The highest BCUT2D eigenvalue weighted by Gasteiger charge is 2.11. The van der Waals surface area contributed by atoms with Crippen LogP contribution in [0.5, 0.6) is 5.75 Å². The van der Waals surface area contributed by atoms with Crippen LogP contribution in [0, 0.1) is 0 Å². The van der Waals surface area contributed by atoms with Crippen LogP contribution in [0.15, 0.2) is 18.3 Å². The van der Waals surface area contributed by atoms with Crippen LogP contribution in [0.3, 0.4) is 0 Å². The van der Waals surface area contributed by atoms with E-state index in [-0.39, 0.29) is 13.2 Å². The normalized spacial score (nSPS) is 10.1. The largest absolute Gasteiger partial charge is 0.493 e. The highest BCUT2D eigenvalue weighted by atomic mass is 16.5. The number of aliphatic hydroxyl groups excluding tert-OH is 2. The molecule has 1 heterocycles. The molecule has 5 nitrogen and oxygen atoms in total. The highest BCUT2D eigenvalue weighted by Crippen LogP contribution is 2.23. The predicted molar refractivity (Wildman–Crippen MR) is 57.2 cm³/mol. The van der Waals surface area contributed by atoms with Gasteiger partial charge in [0.05, 0.1) is 20.3 Å². The van der Waals surface area contributed by atoms with E-state index >= 15 is 0 Å². The van der Waals surface area contributed by atoms with E-state index in [4.69, 9.17) is 14.9 Å². The molecule has 0 amide bonds. The zero-order chi connectivity index (χ0) is 11.1. The molecule has 1 aromatic rings. The van der Waals surface area contributed by atoms with Gasteiger partial charge >= 0.3 is 0 Å². The summed E-state index contributed by atoms with van der Waals surface area (Å²) < 4.78 is 5.15. The summed E-state index contributed by atoms with van der Waals surface area (Å²) in [6.07, 6.45) is 1.65. The maximum atomic E-state index is 8.90. The van der Waals surface area contributed by atoms with Crippen molar-refractivity contribution in [2.45, 2.75) is 0 Å². The minimum Gasteiger partial charge on any atom is -0.493 e. The summed E-state index contributed by atoms with van der Waals surface area (Å²) in [4.78, 5) is 5.94. The quantitative estimate of drug-likeness (QED) is 0.688. The fourth-order valence-corrected chi connectivity index (χ4v) is 1.34. The molecule has 0 bridgehead atoms. The molecule has 84 valence electrons. The minimum absolute atomic E-state index is 0.0136. The van der Waals surface area contributed by atoms with Crippen molar-refractivity contribution in [3.63, 3.8) is 0 Å². The van der Waals surface area contributed by atoms with Gasteiger partial charge < -0.3 is 19.8 Å². The monoisotopic (exact) mass is 212 g/mol. The van der Waals surface area contributed by atoms with Crippen LogP contribution in [0.25, 0.3) is 0 Å². The van der Waals surface area contributed by atoms with Gasteiger partial charge in [-0.15, -0.1) is 0 Å². The Labute approximate surface area is 88.9 Å². The molecule has 0 spiro atoms. The van der Waals surface area contributed by atoms with Crippen molar-refractivity contribution in [1.29, 1.82) is 0 Å². The molecule has 0 fully saturated rings. The van der Waals surface area contributed by atoms with Crippen LogP contribution in [-0.4, -0.2) is 48.6 Å². The summed E-state index contributed by atoms with van der Waals surface area (Å²) in [5.74, 6) is 1.28. The van der Waals surface area contributed by atoms with Gasteiger partial charge in [-0.1, -0.05) is 0 Å². The fourth-order valence-electron chi connectivity index (χ4n) is 1.34. The minimum atomic E-state index is 0.0136. The molecule has 0 atom stereocenters. The van der Waals surface area contributed by atoms with Crippen molar-refractivity contribution in [1.82, 2.24) is 4.98 Å². The number of aromatic nitrogens is 1. The third-order valence-electron chi connectivity index (χ3n) is 2.01. The van der Waals surface area contributed by atoms with Crippen LogP contribution in [-0.2, 0) is 0 Å². The van der Waals surface area contributed by atoms with E-state index in [9.17, 15) is 0 Å². The van der Waals surface area contributed by atoms with Gasteiger partial charge in [0.1, 0.15) is 0 Å². The van der Waals surface area contributed by atoms with Crippen molar-refractivity contribution in [3.05, 3.63) is 18.3 Å².